The van der Waals surface area contributed by atoms with Crippen LogP contribution in [0.4, 0.5) is 0 Å². The molecule has 0 spiro atoms. The fourth-order valence-corrected chi connectivity index (χ4v) is 3.80. The van der Waals surface area contributed by atoms with Crippen LogP contribution < -0.4 is 27.4 Å². The molecule has 37 heavy (non-hydrogen) atoms. The van der Waals surface area contributed by atoms with Gasteiger partial charge in [0.15, 0.2) is 0 Å². The molecule has 5 unspecified atom stereocenters. The fraction of sp³-hybridized carbons (Fsp3) is 0.435. The second-order valence-corrected chi connectivity index (χ2v) is 8.91. The van der Waals surface area contributed by atoms with Crippen molar-refractivity contribution in [1.82, 2.24) is 20.9 Å². The van der Waals surface area contributed by atoms with Crippen molar-refractivity contribution in [2.75, 3.05) is 5.75 Å². The van der Waals surface area contributed by atoms with Gasteiger partial charge in [-0.25, -0.2) is 4.79 Å². The van der Waals surface area contributed by atoms with Crippen LogP contribution in [0.5, 0.6) is 0 Å². The molecule has 0 saturated heterocycles. The SMILES string of the molecule is CC(O)C(NC(=O)C(CS)NC(=O)C(N)CCC(N)=O)C(=O)NC(Cc1c[nH]c2ccccc12)C(=O)O. The van der Waals surface area contributed by atoms with E-state index in [1.165, 1.54) is 6.92 Å². The number of amides is 4. The van der Waals surface area contributed by atoms with Gasteiger partial charge in [-0.05, 0) is 25.0 Å². The summed E-state index contributed by atoms with van der Waals surface area (Å²) in [4.78, 5) is 63.7. The van der Waals surface area contributed by atoms with Crippen molar-refractivity contribution >= 4 is 53.1 Å². The van der Waals surface area contributed by atoms with E-state index in [2.05, 4.69) is 33.6 Å². The maximum atomic E-state index is 12.9. The van der Waals surface area contributed by atoms with Gasteiger partial charge in [0.05, 0.1) is 12.1 Å². The number of fused-ring (bicyclic) bond motifs is 1. The molecular formula is C23H32N6O7S. The highest BCUT2D eigenvalue weighted by atomic mass is 32.1. The van der Waals surface area contributed by atoms with Gasteiger partial charge in [0.25, 0.3) is 0 Å². The van der Waals surface area contributed by atoms with Crippen LogP contribution in [0.15, 0.2) is 30.5 Å². The summed E-state index contributed by atoms with van der Waals surface area (Å²) >= 11 is 4.04. The lowest BCUT2D eigenvalue weighted by molar-refractivity contribution is -0.143. The highest BCUT2D eigenvalue weighted by molar-refractivity contribution is 7.80. The molecule has 14 heteroatoms. The van der Waals surface area contributed by atoms with Gasteiger partial charge >= 0.3 is 5.97 Å². The number of nitrogens with two attached hydrogens (primary N) is 2. The number of rotatable bonds is 14. The Balaban J connectivity index is 2.07. The number of carbonyl (C=O) groups excluding carboxylic acids is 4. The molecule has 0 fully saturated rings. The summed E-state index contributed by atoms with van der Waals surface area (Å²) in [6, 6.07) is 2.04. The summed E-state index contributed by atoms with van der Waals surface area (Å²) in [7, 11) is 0. The predicted octanol–water partition coefficient (Wildman–Crippen LogP) is -1.85. The molecular weight excluding hydrogens is 504 g/mol. The average Bonchev–Trinajstić information content (AvgIpc) is 3.25. The van der Waals surface area contributed by atoms with Crippen LogP contribution >= 0.6 is 12.6 Å². The number of carboxylic acids is 1. The first-order chi connectivity index (χ1) is 17.4. The largest absolute Gasteiger partial charge is 0.480 e. The standard InChI is InChI=1S/C23H32N6O7S/c1-11(30)19(29-21(33)17(10-37)28-20(32)14(24)6-7-18(25)31)22(34)27-16(23(35)36)8-12-9-26-15-5-3-2-4-13(12)15/h2-5,9,11,14,16-17,19,26,30,37H,6-8,10,24H2,1H3,(H2,25,31)(H,27,34)(H,28,32)(H,29,33)(H,35,36). The Morgan fingerprint density at radius 3 is 2.27 bits per heavy atom. The number of aliphatic carboxylic acids is 1. The molecule has 0 aliphatic heterocycles. The zero-order chi connectivity index (χ0) is 27.7. The molecule has 1 aromatic carbocycles. The highest BCUT2D eigenvalue weighted by Gasteiger charge is 2.32. The lowest BCUT2D eigenvalue weighted by Crippen LogP contribution is -2.60. The number of aromatic amines is 1. The molecule has 0 bridgehead atoms. The van der Waals surface area contributed by atoms with Crippen LogP contribution in [-0.2, 0) is 30.4 Å². The van der Waals surface area contributed by atoms with Crippen molar-refractivity contribution in [3.05, 3.63) is 36.0 Å². The normalized spacial score (nSPS) is 15.1. The summed E-state index contributed by atoms with van der Waals surface area (Å²) in [6.45, 7) is 1.24. The number of para-hydroxylation sites is 1. The number of thiol groups is 1. The molecule has 2 aromatic rings. The minimum Gasteiger partial charge on any atom is -0.480 e. The Kier molecular flexibility index (Phi) is 10.9. The van der Waals surface area contributed by atoms with Gasteiger partial charge in [0.2, 0.25) is 23.6 Å². The molecule has 4 amide bonds. The first-order valence-electron chi connectivity index (χ1n) is 11.5. The van der Waals surface area contributed by atoms with Crippen molar-refractivity contribution < 1.29 is 34.2 Å². The zero-order valence-corrected chi connectivity index (χ0v) is 21.0. The van der Waals surface area contributed by atoms with Gasteiger partial charge in [-0.1, -0.05) is 18.2 Å². The van der Waals surface area contributed by atoms with Crippen molar-refractivity contribution in [2.24, 2.45) is 11.5 Å². The van der Waals surface area contributed by atoms with Crippen LogP contribution in [0.3, 0.4) is 0 Å². The Morgan fingerprint density at radius 1 is 1.03 bits per heavy atom. The number of nitrogens with one attached hydrogen (secondary N) is 4. The van der Waals surface area contributed by atoms with Gasteiger partial charge in [-0.2, -0.15) is 12.6 Å². The number of aromatic nitrogens is 1. The summed E-state index contributed by atoms with van der Waals surface area (Å²) in [5.41, 5.74) is 12.2. The van der Waals surface area contributed by atoms with Crippen LogP contribution in [0.25, 0.3) is 10.9 Å². The molecule has 13 nitrogen and oxygen atoms in total. The molecule has 0 saturated carbocycles. The molecule has 10 N–H and O–H groups in total. The third-order valence-corrected chi connectivity index (χ3v) is 6.00. The third kappa shape index (κ3) is 8.48. The Hall–Kier alpha value is -3.62. The minimum atomic E-state index is -1.53. The fourth-order valence-electron chi connectivity index (χ4n) is 3.54. The van der Waals surface area contributed by atoms with Crippen molar-refractivity contribution in [3.63, 3.8) is 0 Å². The lowest BCUT2D eigenvalue weighted by Gasteiger charge is -2.26. The number of H-pyrrole nitrogens is 1. The van der Waals surface area contributed by atoms with Crippen LogP contribution in [-0.4, -0.2) is 80.8 Å². The van der Waals surface area contributed by atoms with Gasteiger partial charge in [0.1, 0.15) is 18.1 Å². The van der Waals surface area contributed by atoms with Gasteiger partial charge in [0, 0.05) is 35.7 Å². The van der Waals surface area contributed by atoms with E-state index in [0.29, 0.717) is 5.56 Å². The van der Waals surface area contributed by atoms with Crippen LogP contribution in [0.1, 0.15) is 25.3 Å². The summed E-state index contributed by atoms with van der Waals surface area (Å²) in [5, 5.41) is 27.6. The third-order valence-electron chi connectivity index (χ3n) is 5.63. The number of aliphatic hydroxyl groups is 1. The Bertz CT molecular complexity index is 1140. The van der Waals surface area contributed by atoms with E-state index in [-0.39, 0.29) is 25.0 Å². The van der Waals surface area contributed by atoms with Crippen LogP contribution in [0, 0.1) is 0 Å². The molecule has 0 aliphatic carbocycles. The van der Waals surface area contributed by atoms with E-state index in [1.54, 1.807) is 12.3 Å². The van der Waals surface area contributed by atoms with Crippen LogP contribution in [0.2, 0.25) is 0 Å². The van der Waals surface area contributed by atoms with E-state index in [0.717, 1.165) is 10.9 Å². The Morgan fingerprint density at radius 2 is 1.68 bits per heavy atom. The van der Waals surface area contributed by atoms with E-state index in [4.69, 9.17) is 11.5 Å². The van der Waals surface area contributed by atoms with Crippen molar-refractivity contribution in [3.8, 4) is 0 Å². The first kappa shape index (κ1) is 29.6. The molecule has 0 aliphatic rings. The first-order valence-corrected chi connectivity index (χ1v) is 12.1. The molecule has 202 valence electrons. The lowest BCUT2D eigenvalue weighted by atomic mass is 10.0. The zero-order valence-electron chi connectivity index (χ0n) is 20.1. The van der Waals surface area contributed by atoms with E-state index in [9.17, 15) is 34.2 Å². The van der Waals surface area contributed by atoms with Gasteiger partial charge in [-0.15, -0.1) is 0 Å². The summed E-state index contributed by atoms with van der Waals surface area (Å²) < 4.78 is 0. The highest BCUT2D eigenvalue weighted by Crippen LogP contribution is 2.19. The molecule has 1 aromatic heterocycles. The van der Waals surface area contributed by atoms with E-state index in [1.807, 2.05) is 18.2 Å². The average molecular weight is 537 g/mol. The number of hydrogen-bond acceptors (Lipinski definition) is 8. The maximum absolute atomic E-state index is 12.9. The quantitative estimate of drug-likeness (QED) is 0.124. The molecule has 2 rings (SSSR count). The minimum absolute atomic E-state index is 0.0339. The number of primary amides is 1. The predicted molar refractivity (Wildman–Crippen MR) is 137 cm³/mol. The second kappa shape index (κ2) is 13.6. The number of benzene rings is 1. The molecule has 1 heterocycles. The number of aliphatic hydroxyl groups excluding tert-OH is 1. The molecule has 5 atom stereocenters. The maximum Gasteiger partial charge on any atom is 0.326 e. The smallest absolute Gasteiger partial charge is 0.326 e. The number of carbonyl (C=O) groups is 5. The van der Waals surface area contributed by atoms with Crippen molar-refractivity contribution in [2.45, 2.75) is 56.5 Å². The van der Waals surface area contributed by atoms with Gasteiger partial charge in [-0.3, -0.25) is 19.2 Å². The second-order valence-electron chi connectivity index (χ2n) is 8.55. The topological polar surface area (TPSA) is 230 Å². The van der Waals surface area contributed by atoms with E-state index < -0.39 is 59.9 Å². The van der Waals surface area contributed by atoms with Gasteiger partial charge < -0.3 is 42.6 Å². The van der Waals surface area contributed by atoms with E-state index >= 15 is 0 Å². The van der Waals surface area contributed by atoms with Crippen molar-refractivity contribution in [1.29, 1.82) is 0 Å². The number of carboxylic acid groups (broad SMARTS) is 1. The number of hydrogen-bond donors (Lipinski definition) is 9. The summed E-state index contributed by atoms with van der Waals surface area (Å²) in [5.74, 6) is -4.64. The Labute approximate surface area is 218 Å². The molecule has 0 radical (unpaired) electrons. The summed E-state index contributed by atoms with van der Waals surface area (Å²) in [6.07, 6.45) is 0.0348. The monoisotopic (exact) mass is 536 g/mol.